The van der Waals surface area contributed by atoms with Crippen molar-refractivity contribution < 1.29 is 0 Å². The zero-order chi connectivity index (χ0) is 16.6. The second-order valence-corrected chi connectivity index (χ2v) is 7.12. The van der Waals surface area contributed by atoms with E-state index < -0.39 is 0 Å². The maximum absolute atomic E-state index is 4.57. The fourth-order valence-corrected chi connectivity index (χ4v) is 3.24. The van der Waals surface area contributed by atoms with Gasteiger partial charge in [0.2, 0.25) is 0 Å². The molecule has 0 aliphatic carbocycles. The highest BCUT2D eigenvalue weighted by molar-refractivity contribution is 5.09. The van der Waals surface area contributed by atoms with Crippen molar-refractivity contribution in [1.29, 1.82) is 0 Å². The average molecular weight is 318 g/mol. The summed E-state index contributed by atoms with van der Waals surface area (Å²) in [5.41, 5.74) is 2.41. The summed E-state index contributed by atoms with van der Waals surface area (Å²) in [5, 5.41) is 0. The number of nitrogens with zero attached hydrogens (tertiary/aromatic N) is 1. The Morgan fingerprint density at radius 3 is 1.61 bits per heavy atom. The fraction of sp³-hybridized carbons (Fsp3) is 0.773. The second-order valence-electron chi connectivity index (χ2n) is 7.12. The lowest BCUT2D eigenvalue weighted by atomic mass is 10.0. The van der Waals surface area contributed by atoms with Gasteiger partial charge in [0.05, 0.1) is 0 Å². The molecule has 1 aromatic rings. The van der Waals surface area contributed by atoms with Crippen molar-refractivity contribution in [3.05, 3.63) is 29.6 Å². The first kappa shape index (κ1) is 20.2. The molecular weight excluding hydrogens is 278 g/mol. The molecule has 23 heavy (non-hydrogen) atoms. The highest BCUT2D eigenvalue weighted by Gasteiger charge is 1.97. The molecule has 0 spiro atoms. The minimum absolute atomic E-state index is 1.15. The van der Waals surface area contributed by atoms with Crippen LogP contribution in [0.3, 0.4) is 0 Å². The lowest BCUT2D eigenvalue weighted by Gasteiger charge is -2.04. The van der Waals surface area contributed by atoms with Gasteiger partial charge in [-0.1, -0.05) is 96.5 Å². The van der Waals surface area contributed by atoms with E-state index in [-0.39, 0.29) is 0 Å². The zero-order valence-electron chi connectivity index (χ0n) is 15.8. The average Bonchev–Trinajstić information content (AvgIpc) is 2.55. The van der Waals surface area contributed by atoms with Gasteiger partial charge in [0, 0.05) is 11.4 Å². The van der Waals surface area contributed by atoms with Gasteiger partial charge in [-0.2, -0.15) is 0 Å². The van der Waals surface area contributed by atoms with Crippen LogP contribution >= 0.6 is 0 Å². The molecule has 0 amide bonds. The molecule has 0 bridgehead atoms. The van der Waals surface area contributed by atoms with E-state index in [0.29, 0.717) is 0 Å². The Bertz CT molecular complexity index is 372. The van der Waals surface area contributed by atoms with Crippen LogP contribution in [0.2, 0.25) is 0 Å². The molecule has 0 radical (unpaired) electrons. The van der Waals surface area contributed by atoms with Crippen molar-refractivity contribution in [3.63, 3.8) is 0 Å². The topological polar surface area (TPSA) is 12.9 Å². The van der Waals surface area contributed by atoms with E-state index in [0.717, 1.165) is 12.1 Å². The Balaban J connectivity index is 1.78. The smallest absolute Gasteiger partial charge is 0.0406 e. The number of aryl methyl sites for hydroxylation is 2. The van der Waals surface area contributed by atoms with Gasteiger partial charge in [0.25, 0.3) is 0 Å². The molecule has 1 heterocycles. The third kappa shape index (κ3) is 12.3. The zero-order valence-corrected chi connectivity index (χ0v) is 15.8. The van der Waals surface area contributed by atoms with Gasteiger partial charge in [-0.05, 0) is 31.9 Å². The van der Waals surface area contributed by atoms with Crippen molar-refractivity contribution in [2.45, 2.75) is 110 Å². The summed E-state index contributed by atoms with van der Waals surface area (Å²) in [6, 6.07) is 6.37. The van der Waals surface area contributed by atoms with Gasteiger partial charge in [0.1, 0.15) is 0 Å². The van der Waals surface area contributed by atoms with Gasteiger partial charge >= 0.3 is 0 Å². The van der Waals surface area contributed by atoms with Crippen LogP contribution < -0.4 is 0 Å². The first-order valence-corrected chi connectivity index (χ1v) is 10.3. The Morgan fingerprint density at radius 1 is 0.652 bits per heavy atom. The Kier molecular flexibility index (Phi) is 12.9. The second kappa shape index (κ2) is 14.7. The molecular formula is C22H39N. The summed E-state index contributed by atoms with van der Waals surface area (Å²) in [5.74, 6) is 0. The minimum atomic E-state index is 1.15. The molecule has 0 aromatic carbocycles. The van der Waals surface area contributed by atoms with Crippen LogP contribution in [-0.2, 0) is 6.42 Å². The molecule has 0 fully saturated rings. The largest absolute Gasteiger partial charge is 0.258 e. The van der Waals surface area contributed by atoms with Crippen molar-refractivity contribution in [2.75, 3.05) is 0 Å². The molecule has 0 aliphatic heterocycles. The predicted octanol–water partition coefficient (Wildman–Crippen LogP) is 7.41. The highest BCUT2D eigenvalue weighted by atomic mass is 14.7. The molecule has 1 nitrogen and oxygen atoms in total. The van der Waals surface area contributed by atoms with E-state index >= 15 is 0 Å². The molecule has 1 rings (SSSR count). The molecule has 132 valence electrons. The summed E-state index contributed by atoms with van der Waals surface area (Å²) in [6.07, 6.45) is 21.1. The Hall–Kier alpha value is -0.850. The first-order chi connectivity index (χ1) is 11.3. The summed E-state index contributed by atoms with van der Waals surface area (Å²) in [7, 11) is 0. The van der Waals surface area contributed by atoms with Crippen LogP contribution in [0.5, 0.6) is 0 Å². The van der Waals surface area contributed by atoms with Crippen LogP contribution in [0.15, 0.2) is 18.2 Å². The molecule has 0 N–H and O–H groups in total. The highest BCUT2D eigenvalue weighted by Crippen LogP contribution is 2.13. The Morgan fingerprint density at radius 2 is 1.13 bits per heavy atom. The van der Waals surface area contributed by atoms with E-state index in [2.05, 4.69) is 37.0 Å². The standard InChI is InChI=1S/C22H39N/c1-3-4-5-6-7-8-9-10-11-12-13-14-15-16-19-22-20-17-18-21(2)23-22/h17-18,20H,3-16,19H2,1-2H3. The fourth-order valence-electron chi connectivity index (χ4n) is 3.24. The van der Waals surface area contributed by atoms with Gasteiger partial charge in [0.15, 0.2) is 0 Å². The number of aromatic nitrogens is 1. The van der Waals surface area contributed by atoms with E-state index in [1.807, 2.05) is 0 Å². The van der Waals surface area contributed by atoms with Crippen LogP contribution in [-0.4, -0.2) is 4.98 Å². The number of rotatable bonds is 15. The summed E-state index contributed by atoms with van der Waals surface area (Å²) < 4.78 is 0. The predicted molar refractivity (Wildman–Crippen MR) is 103 cm³/mol. The maximum atomic E-state index is 4.57. The van der Waals surface area contributed by atoms with Crippen molar-refractivity contribution >= 4 is 0 Å². The van der Waals surface area contributed by atoms with Crippen LogP contribution in [0.4, 0.5) is 0 Å². The summed E-state index contributed by atoms with van der Waals surface area (Å²) in [4.78, 5) is 4.57. The van der Waals surface area contributed by atoms with Crippen molar-refractivity contribution in [2.24, 2.45) is 0 Å². The van der Waals surface area contributed by atoms with E-state index in [9.17, 15) is 0 Å². The SMILES string of the molecule is CCCCCCCCCCCCCCCCc1cccc(C)n1. The summed E-state index contributed by atoms with van der Waals surface area (Å²) in [6.45, 7) is 4.37. The number of hydrogen-bond donors (Lipinski definition) is 0. The molecule has 0 aliphatic rings. The van der Waals surface area contributed by atoms with E-state index in [4.69, 9.17) is 0 Å². The van der Waals surface area contributed by atoms with Crippen LogP contribution in [0.1, 0.15) is 108 Å². The Labute approximate surface area is 145 Å². The molecule has 1 heteroatoms. The molecule has 0 atom stereocenters. The van der Waals surface area contributed by atoms with Gasteiger partial charge in [-0.3, -0.25) is 4.98 Å². The van der Waals surface area contributed by atoms with Gasteiger partial charge in [-0.25, -0.2) is 0 Å². The maximum Gasteiger partial charge on any atom is 0.0406 e. The molecule has 1 aromatic heterocycles. The monoisotopic (exact) mass is 317 g/mol. The number of pyridine rings is 1. The molecule has 0 saturated carbocycles. The first-order valence-electron chi connectivity index (χ1n) is 10.3. The van der Waals surface area contributed by atoms with Crippen molar-refractivity contribution in [3.8, 4) is 0 Å². The third-order valence-electron chi connectivity index (χ3n) is 4.73. The minimum Gasteiger partial charge on any atom is -0.258 e. The molecule has 0 unspecified atom stereocenters. The lowest BCUT2D eigenvalue weighted by molar-refractivity contribution is 0.535. The number of hydrogen-bond acceptors (Lipinski definition) is 1. The number of unbranched alkanes of at least 4 members (excludes halogenated alkanes) is 13. The quantitative estimate of drug-likeness (QED) is 0.307. The lowest BCUT2D eigenvalue weighted by Crippen LogP contribution is -1.92. The third-order valence-corrected chi connectivity index (χ3v) is 4.73. The van der Waals surface area contributed by atoms with E-state index in [1.165, 1.54) is 95.6 Å². The summed E-state index contributed by atoms with van der Waals surface area (Å²) >= 11 is 0. The van der Waals surface area contributed by atoms with Gasteiger partial charge < -0.3 is 0 Å². The normalized spacial score (nSPS) is 11.0. The van der Waals surface area contributed by atoms with Crippen molar-refractivity contribution in [1.82, 2.24) is 4.98 Å². The van der Waals surface area contributed by atoms with Crippen LogP contribution in [0, 0.1) is 6.92 Å². The van der Waals surface area contributed by atoms with Crippen LogP contribution in [0.25, 0.3) is 0 Å². The van der Waals surface area contributed by atoms with Gasteiger partial charge in [-0.15, -0.1) is 0 Å². The van der Waals surface area contributed by atoms with E-state index in [1.54, 1.807) is 0 Å². The molecule has 0 saturated heterocycles.